The summed E-state index contributed by atoms with van der Waals surface area (Å²) >= 11 is 0. The fourth-order valence-corrected chi connectivity index (χ4v) is 1.69. The molecule has 0 spiro atoms. The molecule has 1 aromatic heterocycles. The zero-order valence-corrected chi connectivity index (χ0v) is 12.7. The number of hydrogen-bond acceptors (Lipinski definition) is 6. The Morgan fingerprint density at radius 1 is 1.33 bits per heavy atom. The maximum absolute atomic E-state index is 13.4. The summed E-state index contributed by atoms with van der Waals surface area (Å²) in [7, 11) is 0. The maximum Gasteiger partial charge on any atom is 0.316 e. The molecule has 126 valence electrons. The van der Waals surface area contributed by atoms with E-state index in [4.69, 9.17) is 10.6 Å². The van der Waals surface area contributed by atoms with Crippen molar-refractivity contribution in [3.05, 3.63) is 48.0 Å². The van der Waals surface area contributed by atoms with Gasteiger partial charge in [0.15, 0.2) is 0 Å². The van der Waals surface area contributed by atoms with E-state index in [0.717, 1.165) is 12.1 Å². The molecule has 0 saturated heterocycles. The summed E-state index contributed by atoms with van der Waals surface area (Å²) in [6.07, 6.45) is 4.23. The second-order valence-electron chi connectivity index (χ2n) is 4.75. The zero-order valence-electron chi connectivity index (χ0n) is 12.7. The van der Waals surface area contributed by atoms with Crippen molar-refractivity contribution >= 4 is 17.6 Å². The molecule has 1 heterocycles. The molecule has 0 aliphatic heterocycles. The van der Waals surface area contributed by atoms with Crippen molar-refractivity contribution < 1.29 is 17.9 Å². The van der Waals surface area contributed by atoms with Crippen molar-refractivity contribution in [2.75, 3.05) is 6.61 Å². The smallest absolute Gasteiger partial charge is 0.316 e. The second kappa shape index (κ2) is 7.53. The number of aromatic nitrogens is 2. The van der Waals surface area contributed by atoms with E-state index >= 15 is 0 Å². The lowest BCUT2D eigenvalue weighted by Crippen LogP contribution is -2.16. The van der Waals surface area contributed by atoms with Crippen LogP contribution < -0.4 is 10.6 Å². The molecule has 24 heavy (non-hydrogen) atoms. The molecular formula is C15H14F3N5O. The average Bonchev–Trinajstić information content (AvgIpc) is 2.56. The quantitative estimate of drug-likeness (QED) is 0.499. The van der Waals surface area contributed by atoms with Crippen LogP contribution in [0.2, 0.25) is 0 Å². The summed E-state index contributed by atoms with van der Waals surface area (Å²) in [5.41, 5.74) is -0.390. The van der Waals surface area contributed by atoms with E-state index in [0.29, 0.717) is 6.92 Å². The van der Waals surface area contributed by atoms with Crippen molar-refractivity contribution in [2.24, 2.45) is 15.9 Å². The normalized spacial score (nSPS) is 12.6. The lowest BCUT2D eigenvalue weighted by molar-refractivity contribution is 0.0138. The van der Waals surface area contributed by atoms with Crippen LogP contribution in [0.1, 0.15) is 12.5 Å². The molecule has 0 radical (unpaired) electrons. The highest BCUT2D eigenvalue weighted by Gasteiger charge is 2.28. The van der Waals surface area contributed by atoms with E-state index in [2.05, 4.69) is 20.1 Å². The van der Waals surface area contributed by atoms with Crippen molar-refractivity contribution in [3.8, 4) is 6.01 Å². The standard InChI is InChI=1S/C15H14F3N5O/c1-15(17,18)12-7-10(3-4-13(12)16)22-8-11(23-19)9-24-14-20-5-2-6-21-14/h2-8H,9,19H2,1H3. The minimum absolute atomic E-state index is 0.0675. The maximum atomic E-state index is 13.4. The molecule has 2 aromatic rings. The topological polar surface area (TPSA) is 85.8 Å². The van der Waals surface area contributed by atoms with E-state index in [1.807, 2.05) is 0 Å². The molecule has 0 unspecified atom stereocenters. The Bertz CT molecular complexity index is 745. The highest BCUT2D eigenvalue weighted by atomic mass is 19.3. The first-order valence-electron chi connectivity index (χ1n) is 6.78. The number of halogens is 3. The predicted molar refractivity (Wildman–Crippen MR) is 83.3 cm³/mol. The Morgan fingerprint density at radius 3 is 2.67 bits per heavy atom. The van der Waals surface area contributed by atoms with Crippen LogP contribution in [-0.4, -0.2) is 28.5 Å². The van der Waals surface area contributed by atoms with E-state index < -0.39 is 17.3 Å². The SMILES string of the molecule is CC(F)(F)c1cc(N=CC(COc2ncccn2)=NN)ccc1F. The van der Waals surface area contributed by atoms with Gasteiger partial charge < -0.3 is 10.6 Å². The summed E-state index contributed by atoms with van der Waals surface area (Å²) in [4.78, 5) is 11.7. The predicted octanol–water partition coefficient (Wildman–Crippen LogP) is 2.82. The van der Waals surface area contributed by atoms with Gasteiger partial charge in [0.1, 0.15) is 18.1 Å². The monoisotopic (exact) mass is 337 g/mol. The zero-order chi connectivity index (χ0) is 17.6. The molecule has 6 nitrogen and oxygen atoms in total. The Balaban J connectivity index is 2.08. The first-order chi connectivity index (χ1) is 11.4. The second-order valence-corrected chi connectivity index (χ2v) is 4.75. The minimum Gasteiger partial charge on any atom is -0.457 e. The van der Waals surface area contributed by atoms with Gasteiger partial charge in [-0.2, -0.15) is 5.10 Å². The Labute approximate surface area is 135 Å². The third-order valence-corrected chi connectivity index (χ3v) is 2.84. The fourth-order valence-electron chi connectivity index (χ4n) is 1.69. The van der Waals surface area contributed by atoms with Gasteiger partial charge in [-0.15, -0.1) is 0 Å². The number of alkyl halides is 2. The molecule has 2 N–H and O–H groups in total. The fraction of sp³-hybridized carbons (Fsp3) is 0.200. The molecule has 0 saturated carbocycles. The average molecular weight is 337 g/mol. The van der Waals surface area contributed by atoms with Crippen LogP contribution in [0.3, 0.4) is 0 Å². The lowest BCUT2D eigenvalue weighted by Gasteiger charge is -2.11. The van der Waals surface area contributed by atoms with Crippen LogP contribution >= 0.6 is 0 Å². The highest BCUT2D eigenvalue weighted by Crippen LogP contribution is 2.31. The number of rotatable bonds is 6. The van der Waals surface area contributed by atoms with Crippen LogP contribution in [0.15, 0.2) is 46.8 Å². The van der Waals surface area contributed by atoms with Gasteiger partial charge in [0.25, 0.3) is 5.92 Å². The molecular weight excluding hydrogens is 323 g/mol. The summed E-state index contributed by atoms with van der Waals surface area (Å²) in [5.74, 6) is 0.908. The molecule has 0 amide bonds. The third kappa shape index (κ3) is 4.77. The highest BCUT2D eigenvalue weighted by molar-refractivity contribution is 6.31. The number of aliphatic imine (C=N–C) groups is 1. The van der Waals surface area contributed by atoms with E-state index in [1.165, 1.54) is 24.7 Å². The van der Waals surface area contributed by atoms with Gasteiger partial charge in [-0.3, -0.25) is 4.99 Å². The molecule has 9 heteroatoms. The van der Waals surface area contributed by atoms with Gasteiger partial charge in [0.05, 0.1) is 17.5 Å². The van der Waals surface area contributed by atoms with Crippen molar-refractivity contribution in [2.45, 2.75) is 12.8 Å². The van der Waals surface area contributed by atoms with Crippen molar-refractivity contribution in [3.63, 3.8) is 0 Å². The lowest BCUT2D eigenvalue weighted by atomic mass is 10.1. The van der Waals surface area contributed by atoms with Crippen LogP contribution in [0.25, 0.3) is 0 Å². The van der Waals surface area contributed by atoms with Gasteiger partial charge in [-0.1, -0.05) is 0 Å². The van der Waals surface area contributed by atoms with Gasteiger partial charge >= 0.3 is 6.01 Å². The van der Waals surface area contributed by atoms with Crippen LogP contribution in [0.4, 0.5) is 18.9 Å². The molecule has 0 atom stereocenters. The van der Waals surface area contributed by atoms with Crippen LogP contribution in [-0.2, 0) is 5.92 Å². The summed E-state index contributed by atoms with van der Waals surface area (Å²) < 4.78 is 45.3. The van der Waals surface area contributed by atoms with Crippen LogP contribution in [0, 0.1) is 5.82 Å². The van der Waals surface area contributed by atoms with E-state index in [9.17, 15) is 13.2 Å². The third-order valence-electron chi connectivity index (χ3n) is 2.84. The van der Waals surface area contributed by atoms with E-state index in [-0.39, 0.29) is 24.0 Å². The van der Waals surface area contributed by atoms with Crippen LogP contribution in [0.5, 0.6) is 6.01 Å². The molecule has 0 bridgehead atoms. The summed E-state index contributed by atoms with van der Waals surface area (Å²) in [5, 5.41) is 3.47. The largest absolute Gasteiger partial charge is 0.457 e. The van der Waals surface area contributed by atoms with E-state index in [1.54, 1.807) is 6.07 Å². The first-order valence-corrected chi connectivity index (χ1v) is 6.78. The molecule has 0 aliphatic carbocycles. The number of nitrogens with two attached hydrogens (primary N) is 1. The number of hydrazone groups is 1. The van der Waals surface area contributed by atoms with Gasteiger partial charge in [-0.25, -0.2) is 23.1 Å². The Hall–Kier alpha value is -2.97. The summed E-state index contributed by atoms with van der Waals surface area (Å²) in [6.45, 7) is 0.543. The van der Waals surface area contributed by atoms with Gasteiger partial charge in [0, 0.05) is 19.3 Å². The molecule has 1 aromatic carbocycles. The van der Waals surface area contributed by atoms with Gasteiger partial charge in [0.2, 0.25) is 0 Å². The Kier molecular flexibility index (Phi) is 5.46. The Morgan fingerprint density at radius 2 is 2.04 bits per heavy atom. The molecule has 0 fully saturated rings. The number of benzene rings is 1. The number of ether oxygens (including phenoxy) is 1. The first kappa shape index (κ1) is 17.4. The van der Waals surface area contributed by atoms with Crippen molar-refractivity contribution in [1.29, 1.82) is 0 Å². The molecule has 2 rings (SSSR count). The number of nitrogens with zero attached hydrogens (tertiary/aromatic N) is 4. The van der Waals surface area contributed by atoms with Gasteiger partial charge in [-0.05, 0) is 24.3 Å². The van der Waals surface area contributed by atoms with Crippen molar-refractivity contribution in [1.82, 2.24) is 9.97 Å². The number of hydrogen-bond donors (Lipinski definition) is 1. The minimum atomic E-state index is -3.31. The molecule has 0 aliphatic rings. The summed E-state index contributed by atoms with van der Waals surface area (Å²) in [6, 6.07) is 4.90.